The summed E-state index contributed by atoms with van der Waals surface area (Å²) in [7, 11) is 0. The second-order valence-corrected chi connectivity index (χ2v) is 18.7. The molecule has 0 amide bonds. The summed E-state index contributed by atoms with van der Waals surface area (Å²) >= 11 is 2.89. The smallest absolute Gasteiger partial charge is 0.164 e. The zero-order valence-corrected chi connectivity index (χ0v) is 37.8. The van der Waals surface area contributed by atoms with Gasteiger partial charge in [0.1, 0.15) is 0 Å². The molecule has 0 aliphatic carbocycles. The summed E-state index contributed by atoms with van der Waals surface area (Å²) in [6.07, 6.45) is 0. The summed E-state index contributed by atoms with van der Waals surface area (Å²) in [5, 5.41) is 2.93. The van der Waals surface area contributed by atoms with Crippen LogP contribution in [0.5, 0.6) is 0 Å². The van der Waals surface area contributed by atoms with Gasteiger partial charge in [-0.1, -0.05) is 212 Å². The molecule has 10 aromatic carbocycles. The fraction of sp³-hybridized carbons (Fsp3) is 0. The molecule has 0 aliphatic heterocycles. The zero-order chi connectivity index (χ0) is 50.2. The maximum Gasteiger partial charge on any atom is 0.164 e. The first kappa shape index (κ1) is 34.0. The molecule has 0 bridgehead atoms. The summed E-state index contributed by atoms with van der Waals surface area (Å²) in [6.45, 7) is 0. The van der Waals surface area contributed by atoms with Crippen LogP contribution in [0.4, 0.5) is 0 Å². The van der Waals surface area contributed by atoms with E-state index in [1.54, 1.807) is 11.3 Å². The van der Waals surface area contributed by atoms with Gasteiger partial charge in [0.2, 0.25) is 0 Å². The van der Waals surface area contributed by atoms with Crippen LogP contribution < -0.4 is 0 Å². The molecule has 5 heteroatoms. The van der Waals surface area contributed by atoms with E-state index in [9.17, 15) is 8.22 Å². The minimum atomic E-state index is -0.277. The van der Waals surface area contributed by atoms with Crippen LogP contribution in [0.25, 0.3) is 130 Å². The van der Waals surface area contributed by atoms with E-state index in [-0.39, 0.29) is 64.0 Å². The Bertz CT molecular complexity index is 4350. The topological polar surface area (TPSA) is 38.7 Å². The van der Waals surface area contributed by atoms with E-state index in [0.29, 0.717) is 37.7 Å². The third kappa shape index (κ3) is 7.26. The van der Waals surface area contributed by atoms with Crippen molar-refractivity contribution in [2.45, 2.75) is 0 Å². The van der Waals surface area contributed by atoms with Crippen molar-refractivity contribution in [1.29, 1.82) is 0 Å². The molecule has 3 heterocycles. The van der Waals surface area contributed by atoms with Crippen LogP contribution in [0.15, 0.2) is 236 Å². The fourth-order valence-corrected chi connectivity index (χ4v) is 11.4. The number of rotatable bonds is 8. The van der Waals surface area contributed by atoms with E-state index in [0.717, 1.165) is 44.7 Å². The van der Waals surface area contributed by atoms with E-state index in [2.05, 4.69) is 84.9 Å². The highest BCUT2D eigenvalue weighted by Gasteiger charge is 2.17. The molecule has 0 radical (unpaired) electrons. The lowest BCUT2D eigenvalue weighted by Crippen LogP contribution is -2.00. The van der Waals surface area contributed by atoms with Gasteiger partial charge in [-0.25, -0.2) is 15.0 Å². The monoisotopic (exact) mass is 907 g/mol. The molecule has 0 aliphatic rings. The van der Waals surface area contributed by atoms with E-state index in [4.69, 9.17) is 15.0 Å². The molecular formula is C63H39N3S2. The molecule has 68 heavy (non-hydrogen) atoms. The maximum absolute atomic E-state index is 9.79. The summed E-state index contributed by atoms with van der Waals surface area (Å²) in [4.78, 5) is 15.0. The van der Waals surface area contributed by atoms with Gasteiger partial charge in [0.25, 0.3) is 0 Å². The lowest BCUT2D eigenvalue weighted by molar-refractivity contribution is 1.07. The molecule has 0 atom stereocenters. The molecule has 0 saturated heterocycles. The summed E-state index contributed by atoms with van der Waals surface area (Å²) in [6, 6.07) is 66.2. The maximum atomic E-state index is 9.79. The molecule has 318 valence electrons. The van der Waals surface area contributed by atoms with Gasteiger partial charge in [0.15, 0.2) is 17.5 Å². The van der Waals surface area contributed by atoms with Gasteiger partial charge < -0.3 is 0 Å². The second kappa shape index (κ2) is 16.8. The number of aromatic nitrogens is 3. The van der Waals surface area contributed by atoms with Crippen LogP contribution in [-0.2, 0) is 0 Å². The Balaban J connectivity index is 0.952. The van der Waals surface area contributed by atoms with Crippen molar-refractivity contribution in [3.05, 3.63) is 236 Å². The number of hydrogen-bond donors (Lipinski definition) is 0. The lowest BCUT2D eigenvalue weighted by atomic mass is 9.98. The average molecular weight is 908 g/mol. The highest BCUT2D eigenvalue weighted by atomic mass is 32.1. The highest BCUT2D eigenvalue weighted by Crippen LogP contribution is 2.44. The van der Waals surface area contributed by atoms with Crippen LogP contribution in [0.1, 0.15) is 8.22 Å². The van der Waals surface area contributed by atoms with Gasteiger partial charge in [-0.2, -0.15) is 0 Å². The van der Waals surface area contributed by atoms with Crippen molar-refractivity contribution in [1.82, 2.24) is 15.0 Å². The number of benzene rings is 10. The summed E-state index contributed by atoms with van der Waals surface area (Å²) in [5.74, 6) is 0.731. The summed E-state index contributed by atoms with van der Waals surface area (Å²) in [5.41, 5.74) is 10.8. The van der Waals surface area contributed by atoms with Crippen molar-refractivity contribution in [3.63, 3.8) is 0 Å². The highest BCUT2D eigenvalue weighted by molar-refractivity contribution is 7.27. The van der Waals surface area contributed by atoms with Gasteiger partial charge >= 0.3 is 0 Å². The number of thiophene rings is 2. The van der Waals surface area contributed by atoms with E-state index < -0.39 is 0 Å². The third-order valence-corrected chi connectivity index (χ3v) is 14.7. The van der Waals surface area contributed by atoms with Gasteiger partial charge in [-0.05, 0) is 79.8 Å². The quantitative estimate of drug-likeness (QED) is 0.152. The first-order chi connectivity index (χ1) is 36.2. The van der Waals surface area contributed by atoms with Gasteiger partial charge in [-0.15, -0.1) is 22.7 Å². The van der Waals surface area contributed by atoms with Crippen molar-refractivity contribution in [3.8, 4) is 89.8 Å². The Morgan fingerprint density at radius 3 is 1.32 bits per heavy atom. The second-order valence-electron chi connectivity index (χ2n) is 16.6. The molecule has 3 nitrogen and oxygen atoms in total. The largest absolute Gasteiger partial charge is 0.208 e. The van der Waals surface area contributed by atoms with Crippen LogP contribution in [0.3, 0.4) is 0 Å². The van der Waals surface area contributed by atoms with Crippen LogP contribution >= 0.6 is 22.7 Å². The number of hydrogen-bond acceptors (Lipinski definition) is 5. The molecule has 13 aromatic rings. The Morgan fingerprint density at radius 1 is 0.279 bits per heavy atom. The normalized spacial score (nSPS) is 12.8. The zero-order valence-electron chi connectivity index (χ0n) is 42.2. The predicted molar refractivity (Wildman–Crippen MR) is 289 cm³/mol. The average Bonchev–Trinajstić information content (AvgIpc) is 4.06. The van der Waals surface area contributed by atoms with Crippen LogP contribution in [0.2, 0.25) is 0 Å². The SMILES string of the molecule is [2H]c1c(-c2cccc(-c3ccccc3)c2)c([2H])c2c(sc3c([2H])c(-c4nc(-c5ccc(-c6ccccc6)cc5)nc(-c5ccc(-c6cccc7c6sc6c(-c8ccccc8)cccc67)cc5)n4)c([2H])c([2H])c32)c1[2H]. The molecule has 0 saturated carbocycles. The number of fused-ring (bicyclic) bond motifs is 6. The Labute approximate surface area is 410 Å². The predicted octanol–water partition coefficient (Wildman–Crippen LogP) is 17.9. The number of nitrogens with zero attached hydrogens (tertiary/aromatic N) is 3. The van der Waals surface area contributed by atoms with Crippen molar-refractivity contribution in [2.75, 3.05) is 0 Å². The third-order valence-electron chi connectivity index (χ3n) is 12.4. The molecule has 0 spiro atoms. The lowest BCUT2D eigenvalue weighted by Gasteiger charge is -2.10. The minimum Gasteiger partial charge on any atom is -0.208 e. The van der Waals surface area contributed by atoms with Gasteiger partial charge in [-0.3, -0.25) is 0 Å². The first-order valence-electron chi connectivity index (χ1n) is 25.3. The molecular weight excluding hydrogens is 863 g/mol. The molecule has 0 unspecified atom stereocenters. The Kier molecular flexibility index (Phi) is 8.42. The minimum absolute atomic E-state index is 0.0230. The van der Waals surface area contributed by atoms with Crippen molar-refractivity contribution < 1.29 is 8.22 Å². The molecule has 3 aromatic heterocycles. The van der Waals surface area contributed by atoms with Crippen LogP contribution in [-0.4, -0.2) is 15.0 Å². The first-order valence-corrected chi connectivity index (χ1v) is 24.0. The standard InChI is InChI=1S/C63H39N3S2/c1-4-13-40(14-5-1)42-25-29-45(30-26-42)61-64-62(46-31-27-44(28-32-46)52-22-12-24-55-54-23-11-21-51(59(54)68-60(52)55)43-17-8-3-9-18-43)66-63(65-61)50-33-35-53-56-38-49(34-36-57(56)67-58(53)39-50)48-20-10-19-47(37-48)41-15-6-2-7-16-41/h1-39H/i33D,34D,35D,36D,38D,39D. The van der Waals surface area contributed by atoms with E-state index >= 15 is 0 Å². The van der Waals surface area contributed by atoms with Gasteiger partial charge in [0.05, 0.1) is 8.22 Å². The van der Waals surface area contributed by atoms with Crippen LogP contribution in [0, 0.1) is 0 Å². The van der Waals surface area contributed by atoms with Crippen molar-refractivity contribution >= 4 is 63.0 Å². The van der Waals surface area contributed by atoms with Crippen molar-refractivity contribution in [2.24, 2.45) is 0 Å². The Hall–Kier alpha value is -8.35. The van der Waals surface area contributed by atoms with Gasteiger partial charge in [0, 0.05) is 57.0 Å². The molecule has 0 fully saturated rings. The Morgan fingerprint density at radius 2 is 0.721 bits per heavy atom. The molecule has 0 N–H and O–H groups in total. The molecule has 13 rings (SSSR count). The fourth-order valence-electron chi connectivity index (χ4n) is 9.01. The van der Waals surface area contributed by atoms with E-state index in [1.165, 1.54) is 31.3 Å². The summed E-state index contributed by atoms with van der Waals surface area (Å²) < 4.78 is 60.1. The van der Waals surface area contributed by atoms with E-state index in [1.807, 2.05) is 115 Å².